The molecule has 4 nitrogen and oxygen atoms in total. The molecule has 1 N–H and O–H groups in total. The number of hydrogen-bond acceptors (Lipinski definition) is 4. The zero-order valence-corrected chi connectivity index (χ0v) is 8.42. The highest BCUT2D eigenvalue weighted by Crippen LogP contribution is 2.13. The second-order valence-corrected chi connectivity index (χ2v) is 3.98. The van der Waals surface area contributed by atoms with E-state index in [2.05, 4.69) is 23.9 Å². The van der Waals surface area contributed by atoms with Crippen LogP contribution < -0.4 is 5.32 Å². The van der Waals surface area contributed by atoms with Gasteiger partial charge in [0.15, 0.2) is 0 Å². The summed E-state index contributed by atoms with van der Waals surface area (Å²) in [6.45, 7) is 5.49. The topological polar surface area (TPSA) is 47.6 Å². The molecule has 0 saturated carbocycles. The van der Waals surface area contributed by atoms with Crippen molar-refractivity contribution in [3.05, 3.63) is 0 Å². The molecule has 0 aromatic carbocycles. The maximum absolute atomic E-state index is 10.9. The van der Waals surface area contributed by atoms with Crippen LogP contribution in [0.1, 0.15) is 20.3 Å². The Morgan fingerprint density at radius 1 is 1.69 bits per heavy atom. The van der Waals surface area contributed by atoms with Gasteiger partial charge in [-0.3, -0.25) is 4.79 Å². The Balaban J connectivity index is 2.29. The number of rotatable bonds is 2. The van der Waals surface area contributed by atoms with Crippen molar-refractivity contribution in [1.82, 2.24) is 5.32 Å². The monoisotopic (exact) mass is 187 g/mol. The third-order valence-electron chi connectivity index (χ3n) is 2.11. The molecule has 0 aliphatic carbocycles. The number of carbonyl (C=O) groups is 1. The van der Waals surface area contributed by atoms with Crippen LogP contribution >= 0.6 is 0 Å². The van der Waals surface area contributed by atoms with Gasteiger partial charge in [0.05, 0.1) is 26.2 Å². The van der Waals surface area contributed by atoms with E-state index in [-0.39, 0.29) is 17.6 Å². The third kappa shape index (κ3) is 3.32. The van der Waals surface area contributed by atoms with E-state index in [9.17, 15) is 4.79 Å². The Kier molecular flexibility index (Phi) is 3.27. The molecule has 0 aromatic rings. The Morgan fingerprint density at radius 3 is 2.85 bits per heavy atom. The molecule has 0 aromatic heterocycles. The fourth-order valence-corrected chi connectivity index (χ4v) is 1.23. The maximum Gasteiger partial charge on any atom is 0.308 e. The van der Waals surface area contributed by atoms with E-state index in [0.29, 0.717) is 19.6 Å². The molecule has 1 rings (SSSR count). The van der Waals surface area contributed by atoms with Gasteiger partial charge in [0, 0.05) is 12.1 Å². The molecule has 0 unspecified atom stereocenters. The Hall–Kier alpha value is -0.610. The van der Waals surface area contributed by atoms with Crippen molar-refractivity contribution in [3.8, 4) is 0 Å². The molecule has 1 aliphatic heterocycles. The van der Waals surface area contributed by atoms with Gasteiger partial charge in [-0.05, 0) is 13.8 Å². The second-order valence-electron chi connectivity index (χ2n) is 3.98. The standard InChI is InChI=1S/C9H17NO3/c1-9(2)6-13-7(5-10-9)4-8(11)12-3/h7,10H,4-6H2,1-3H3/t7-/m1/s1. The van der Waals surface area contributed by atoms with Crippen LogP contribution in [0.25, 0.3) is 0 Å². The average molecular weight is 187 g/mol. The van der Waals surface area contributed by atoms with E-state index < -0.39 is 0 Å². The summed E-state index contributed by atoms with van der Waals surface area (Å²) in [5.74, 6) is -0.216. The van der Waals surface area contributed by atoms with E-state index in [1.807, 2.05) is 0 Å². The van der Waals surface area contributed by atoms with Gasteiger partial charge >= 0.3 is 5.97 Å². The van der Waals surface area contributed by atoms with Crippen molar-refractivity contribution < 1.29 is 14.3 Å². The van der Waals surface area contributed by atoms with E-state index in [4.69, 9.17) is 4.74 Å². The van der Waals surface area contributed by atoms with Gasteiger partial charge in [0.2, 0.25) is 0 Å². The molecular weight excluding hydrogens is 170 g/mol. The van der Waals surface area contributed by atoms with Gasteiger partial charge in [-0.1, -0.05) is 0 Å². The van der Waals surface area contributed by atoms with Crippen molar-refractivity contribution in [2.24, 2.45) is 0 Å². The smallest absolute Gasteiger partial charge is 0.308 e. The Morgan fingerprint density at radius 2 is 2.38 bits per heavy atom. The van der Waals surface area contributed by atoms with E-state index in [1.165, 1.54) is 7.11 Å². The SMILES string of the molecule is COC(=O)C[C@@H]1CNC(C)(C)CO1. The van der Waals surface area contributed by atoms with Gasteiger partial charge < -0.3 is 14.8 Å². The quantitative estimate of drug-likeness (QED) is 0.632. The van der Waals surface area contributed by atoms with Gasteiger partial charge in [-0.15, -0.1) is 0 Å². The largest absolute Gasteiger partial charge is 0.469 e. The summed E-state index contributed by atoms with van der Waals surface area (Å²) in [5, 5.41) is 3.31. The summed E-state index contributed by atoms with van der Waals surface area (Å²) in [6, 6.07) is 0. The van der Waals surface area contributed by atoms with Crippen LogP contribution in [0.2, 0.25) is 0 Å². The summed E-state index contributed by atoms with van der Waals surface area (Å²) in [4.78, 5) is 10.9. The zero-order chi connectivity index (χ0) is 9.90. The molecule has 76 valence electrons. The van der Waals surface area contributed by atoms with E-state index in [1.54, 1.807) is 0 Å². The fourth-order valence-electron chi connectivity index (χ4n) is 1.23. The Labute approximate surface area is 78.6 Å². The highest BCUT2D eigenvalue weighted by molar-refractivity contribution is 5.69. The summed E-state index contributed by atoms with van der Waals surface area (Å²) in [7, 11) is 1.39. The Bertz CT molecular complexity index is 181. The highest BCUT2D eigenvalue weighted by atomic mass is 16.5. The third-order valence-corrected chi connectivity index (χ3v) is 2.11. The number of esters is 1. The molecule has 13 heavy (non-hydrogen) atoms. The number of nitrogens with one attached hydrogen (secondary N) is 1. The first kappa shape index (κ1) is 10.5. The van der Waals surface area contributed by atoms with Crippen LogP contribution in [0.3, 0.4) is 0 Å². The summed E-state index contributed by atoms with van der Waals surface area (Å²) >= 11 is 0. The van der Waals surface area contributed by atoms with E-state index >= 15 is 0 Å². The average Bonchev–Trinajstić information content (AvgIpc) is 2.08. The van der Waals surface area contributed by atoms with Crippen LogP contribution in [0.4, 0.5) is 0 Å². The van der Waals surface area contributed by atoms with Crippen molar-refractivity contribution in [2.75, 3.05) is 20.3 Å². The first-order valence-electron chi connectivity index (χ1n) is 4.47. The van der Waals surface area contributed by atoms with Gasteiger partial charge in [-0.25, -0.2) is 0 Å². The number of morpholine rings is 1. The molecule has 1 saturated heterocycles. The molecule has 1 aliphatic rings. The van der Waals surface area contributed by atoms with E-state index in [0.717, 1.165) is 0 Å². The number of hydrogen-bond donors (Lipinski definition) is 1. The van der Waals surface area contributed by atoms with Crippen LogP contribution in [-0.4, -0.2) is 37.9 Å². The first-order chi connectivity index (χ1) is 6.03. The molecule has 0 amide bonds. The molecular formula is C9H17NO3. The lowest BCUT2D eigenvalue weighted by Gasteiger charge is -2.35. The predicted molar refractivity (Wildman–Crippen MR) is 48.5 cm³/mol. The van der Waals surface area contributed by atoms with Gasteiger partial charge in [0.1, 0.15) is 0 Å². The maximum atomic E-state index is 10.9. The zero-order valence-electron chi connectivity index (χ0n) is 8.42. The predicted octanol–water partition coefficient (Wildman–Crippen LogP) is 0.316. The molecule has 0 bridgehead atoms. The van der Waals surface area contributed by atoms with Gasteiger partial charge in [-0.2, -0.15) is 0 Å². The van der Waals surface area contributed by atoms with Gasteiger partial charge in [0.25, 0.3) is 0 Å². The summed E-state index contributed by atoms with van der Waals surface area (Å²) in [6.07, 6.45) is 0.292. The molecule has 1 atom stereocenters. The minimum absolute atomic E-state index is 0.0205. The number of carbonyl (C=O) groups excluding carboxylic acids is 1. The number of ether oxygens (including phenoxy) is 2. The van der Waals surface area contributed by atoms with Crippen molar-refractivity contribution >= 4 is 5.97 Å². The first-order valence-corrected chi connectivity index (χ1v) is 4.47. The second kappa shape index (κ2) is 4.07. The van der Waals surface area contributed by atoms with Crippen LogP contribution in [0, 0.1) is 0 Å². The molecule has 0 spiro atoms. The molecule has 1 fully saturated rings. The molecule has 4 heteroatoms. The fraction of sp³-hybridized carbons (Fsp3) is 0.889. The number of methoxy groups -OCH3 is 1. The van der Waals surface area contributed by atoms with Crippen LogP contribution in [0.5, 0.6) is 0 Å². The molecule has 0 radical (unpaired) electrons. The lowest BCUT2D eigenvalue weighted by Crippen LogP contribution is -2.53. The normalized spacial score (nSPS) is 26.8. The lowest BCUT2D eigenvalue weighted by atomic mass is 10.0. The van der Waals surface area contributed by atoms with Crippen LogP contribution in [-0.2, 0) is 14.3 Å². The van der Waals surface area contributed by atoms with Crippen molar-refractivity contribution in [3.63, 3.8) is 0 Å². The minimum atomic E-state index is -0.216. The van der Waals surface area contributed by atoms with Crippen molar-refractivity contribution in [2.45, 2.75) is 31.9 Å². The van der Waals surface area contributed by atoms with Crippen molar-refractivity contribution in [1.29, 1.82) is 0 Å². The highest BCUT2D eigenvalue weighted by Gasteiger charge is 2.27. The lowest BCUT2D eigenvalue weighted by molar-refractivity contribution is -0.145. The molecule has 1 heterocycles. The summed E-state index contributed by atoms with van der Waals surface area (Å²) in [5.41, 5.74) is 0.0205. The van der Waals surface area contributed by atoms with Crippen LogP contribution in [0.15, 0.2) is 0 Å². The minimum Gasteiger partial charge on any atom is -0.469 e. The summed E-state index contributed by atoms with van der Waals surface area (Å²) < 4.78 is 10.1.